The summed E-state index contributed by atoms with van der Waals surface area (Å²) in [6.07, 6.45) is 0. The monoisotopic (exact) mass is 366 g/mol. The molecule has 1 heterocycles. The molecule has 0 amide bonds. The molecule has 0 bridgehead atoms. The van der Waals surface area contributed by atoms with Crippen LogP contribution in [0.4, 0.5) is 8.78 Å². The van der Waals surface area contributed by atoms with Gasteiger partial charge in [-0.25, -0.2) is 4.99 Å². The first-order chi connectivity index (χ1) is 11.8. The van der Waals surface area contributed by atoms with Crippen molar-refractivity contribution < 1.29 is 18.3 Å². The van der Waals surface area contributed by atoms with Crippen LogP contribution in [0.2, 0.25) is 5.02 Å². The molecule has 2 aromatic carbocycles. The van der Waals surface area contributed by atoms with E-state index in [1.54, 1.807) is 36.4 Å². The highest BCUT2D eigenvalue weighted by atomic mass is 35.5. The van der Waals surface area contributed by atoms with Gasteiger partial charge in [-0.2, -0.15) is 8.78 Å². The molecule has 0 fully saturated rings. The largest absolute Gasteiger partial charge is 0.489 e. The molecule has 0 aliphatic carbocycles. The van der Waals surface area contributed by atoms with Crippen LogP contribution in [0.3, 0.4) is 0 Å². The second-order valence-electron chi connectivity index (χ2n) is 5.96. The zero-order valence-electron chi connectivity index (χ0n) is 13.5. The highest BCUT2D eigenvalue weighted by Gasteiger charge is 2.55. The fourth-order valence-corrected chi connectivity index (χ4v) is 2.68. The molecule has 3 rings (SSSR count). The van der Waals surface area contributed by atoms with Crippen LogP contribution in [0.15, 0.2) is 53.5 Å². The van der Waals surface area contributed by atoms with Crippen LogP contribution in [0.1, 0.15) is 18.1 Å². The molecule has 0 spiro atoms. The second kappa shape index (κ2) is 6.52. The van der Waals surface area contributed by atoms with Crippen molar-refractivity contribution in [2.45, 2.75) is 25.0 Å². The van der Waals surface area contributed by atoms with Crippen molar-refractivity contribution in [3.05, 3.63) is 64.7 Å². The molecule has 1 unspecified atom stereocenters. The predicted molar refractivity (Wildman–Crippen MR) is 92.1 cm³/mol. The average molecular weight is 367 g/mol. The van der Waals surface area contributed by atoms with Crippen LogP contribution in [0.5, 0.6) is 5.75 Å². The van der Waals surface area contributed by atoms with Gasteiger partial charge in [0.05, 0.1) is 0 Å². The molecule has 0 radical (unpaired) electrons. The van der Waals surface area contributed by atoms with Gasteiger partial charge in [0.1, 0.15) is 12.4 Å². The molecule has 2 N–H and O–H groups in total. The number of nitrogens with zero attached hydrogens (tertiary/aromatic N) is 1. The molecule has 0 aromatic heterocycles. The predicted octanol–water partition coefficient (Wildman–Crippen LogP) is 4.11. The van der Waals surface area contributed by atoms with Crippen LogP contribution in [-0.4, -0.2) is 18.6 Å². The van der Waals surface area contributed by atoms with Crippen LogP contribution >= 0.6 is 11.6 Å². The van der Waals surface area contributed by atoms with Gasteiger partial charge in [-0.15, -0.1) is 0 Å². The zero-order valence-corrected chi connectivity index (χ0v) is 14.3. The van der Waals surface area contributed by atoms with Crippen molar-refractivity contribution in [2.75, 3.05) is 6.61 Å². The van der Waals surface area contributed by atoms with E-state index in [0.717, 1.165) is 5.56 Å². The smallest absolute Gasteiger partial charge is 0.310 e. The van der Waals surface area contributed by atoms with Crippen molar-refractivity contribution in [2.24, 2.45) is 10.7 Å². The fraction of sp³-hybridized carbons (Fsp3) is 0.278. The van der Waals surface area contributed by atoms with Gasteiger partial charge < -0.3 is 15.2 Å². The summed E-state index contributed by atoms with van der Waals surface area (Å²) in [6.45, 7) is 0.817. The summed E-state index contributed by atoms with van der Waals surface area (Å²) in [4.78, 5) is 3.86. The minimum atomic E-state index is -3.19. The number of rotatable bonds is 4. The molecule has 2 aromatic rings. The van der Waals surface area contributed by atoms with Gasteiger partial charge in [0.25, 0.3) is 6.02 Å². The molecule has 7 heteroatoms. The lowest BCUT2D eigenvalue weighted by Crippen LogP contribution is -2.50. The van der Waals surface area contributed by atoms with Crippen LogP contribution in [-0.2, 0) is 16.9 Å². The van der Waals surface area contributed by atoms with Crippen molar-refractivity contribution >= 4 is 17.6 Å². The van der Waals surface area contributed by atoms with E-state index in [1.807, 2.05) is 12.1 Å². The van der Waals surface area contributed by atoms with Crippen molar-refractivity contribution in [1.29, 1.82) is 0 Å². The molecule has 0 saturated heterocycles. The molecular formula is C18H17ClF2N2O2. The second-order valence-corrected chi connectivity index (χ2v) is 6.39. The number of halogens is 3. The number of benzene rings is 2. The highest BCUT2D eigenvalue weighted by Crippen LogP contribution is 2.44. The third kappa shape index (κ3) is 3.54. The lowest BCUT2D eigenvalue weighted by molar-refractivity contribution is -0.116. The van der Waals surface area contributed by atoms with E-state index in [2.05, 4.69) is 4.99 Å². The maximum atomic E-state index is 14.4. The Balaban J connectivity index is 1.83. The average Bonchev–Trinajstić information content (AvgIpc) is 2.59. The molecule has 1 aliphatic heterocycles. The Kier molecular flexibility index (Phi) is 4.56. The Hall–Kier alpha value is -2.34. The quantitative estimate of drug-likeness (QED) is 0.885. The van der Waals surface area contributed by atoms with Gasteiger partial charge in [-0.05, 0) is 42.3 Å². The summed E-state index contributed by atoms with van der Waals surface area (Å²) in [5.41, 5.74) is 4.92. The number of alkyl halides is 2. The first-order valence-corrected chi connectivity index (χ1v) is 8.02. The Morgan fingerprint density at radius 2 is 1.96 bits per heavy atom. The standard InChI is InChI=1S/C18H17ClF2N2O2/c1-17(18(20,21)11-25-16(22)23-17)13-3-2-4-15(9-13)24-10-12-5-7-14(19)8-6-12/h2-9H,10-11H2,1H3,(H2,22,23). The number of amidine groups is 1. The molecular weight excluding hydrogens is 350 g/mol. The molecule has 0 saturated carbocycles. The van der Waals surface area contributed by atoms with Gasteiger partial charge in [-0.3, -0.25) is 0 Å². The Labute approximate surface area is 149 Å². The number of hydrogen-bond acceptors (Lipinski definition) is 4. The van der Waals surface area contributed by atoms with E-state index >= 15 is 0 Å². The lowest BCUT2D eigenvalue weighted by Gasteiger charge is -2.37. The van der Waals surface area contributed by atoms with Crippen LogP contribution < -0.4 is 10.5 Å². The van der Waals surface area contributed by atoms with Crippen molar-refractivity contribution in [3.8, 4) is 5.75 Å². The molecule has 132 valence electrons. The SMILES string of the molecule is CC1(c2cccc(OCc3ccc(Cl)cc3)c2)N=C(N)OCC1(F)F. The summed E-state index contributed by atoms with van der Waals surface area (Å²) < 4.78 is 39.2. The summed E-state index contributed by atoms with van der Waals surface area (Å²) in [7, 11) is 0. The minimum Gasteiger partial charge on any atom is -0.489 e. The van der Waals surface area contributed by atoms with Crippen LogP contribution in [0.25, 0.3) is 0 Å². The maximum absolute atomic E-state index is 14.4. The van der Waals surface area contributed by atoms with Crippen molar-refractivity contribution in [3.63, 3.8) is 0 Å². The summed E-state index contributed by atoms with van der Waals surface area (Å²) in [5, 5.41) is 0.635. The highest BCUT2D eigenvalue weighted by molar-refractivity contribution is 6.30. The number of ether oxygens (including phenoxy) is 2. The minimum absolute atomic E-state index is 0.249. The van der Waals surface area contributed by atoms with Gasteiger partial charge in [-0.1, -0.05) is 35.9 Å². The lowest BCUT2D eigenvalue weighted by atomic mass is 9.85. The molecule has 25 heavy (non-hydrogen) atoms. The first kappa shape index (κ1) is 17.5. The Bertz CT molecular complexity index is 796. The van der Waals surface area contributed by atoms with Gasteiger partial charge in [0.2, 0.25) is 0 Å². The first-order valence-electron chi connectivity index (χ1n) is 7.64. The Morgan fingerprint density at radius 3 is 2.68 bits per heavy atom. The van der Waals surface area contributed by atoms with Crippen molar-refractivity contribution in [1.82, 2.24) is 0 Å². The summed E-state index contributed by atoms with van der Waals surface area (Å²) in [5.74, 6) is -2.73. The van der Waals surface area contributed by atoms with E-state index in [4.69, 9.17) is 26.8 Å². The number of aliphatic imine (C=N–C) groups is 1. The maximum Gasteiger partial charge on any atom is 0.310 e. The van der Waals surface area contributed by atoms with E-state index in [9.17, 15) is 8.78 Å². The topological polar surface area (TPSA) is 56.8 Å². The summed E-state index contributed by atoms with van der Waals surface area (Å²) in [6, 6.07) is 13.4. The molecule has 1 atom stereocenters. The van der Waals surface area contributed by atoms with E-state index in [1.165, 1.54) is 6.92 Å². The number of hydrogen-bond donors (Lipinski definition) is 1. The third-order valence-electron chi connectivity index (χ3n) is 4.16. The molecule has 1 aliphatic rings. The third-order valence-corrected chi connectivity index (χ3v) is 4.41. The Morgan fingerprint density at radius 1 is 1.24 bits per heavy atom. The van der Waals surface area contributed by atoms with Gasteiger partial charge >= 0.3 is 5.92 Å². The fourth-order valence-electron chi connectivity index (χ4n) is 2.55. The molecule has 4 nitrogen and oxygen atoms in total. The zero-order chi connectivity index (χ0) is 18.1. The van der Waals surface area contributed by atoms with E-state index < -0.39 is 18.1 Å². The van der Waals surface area contributed by atoms with Crippen LogP contribution in [0, 0.1) is 0 Å². The van der Waals surface area contributed by atoms with E-state index in [0.29, 0.717) is 22.9 Å². The normalized spacial score (nSPS) is 22.0. The van der Waals surface area contributed by atoms with Gasteiger partial charge in [0, 0.05) is 5.02 Å². The van der Waals surface area contributed by atoms with Gasteiger partial charge in [0.15, 0.2) is 12.1 Å². The number of nitrogens with two attached hydrogens (primary N) is 1. The summed E-state index contributed by atoms with van der Waals surface area (Å²) >= 11 is 5.84. The van der Waals surface area contributed by atoms with E-state index in [-0.39, 0.29) is 6.02 Å².